The highest BCUT2D eigenvalue weighted by Gasteiger charge is 2.27. The van der Waals surface area contributed by atoms with Crippen LogP contribution in [0.4, 0.5) is 17.1 Å². The Morgan fingerprint density at radius 1 is 0.893 bits per heavy atom. The minimum Gasteiger partial charge on any atom is -0.454 e. The number of amides is 1. The molecule has 3 aromatic rings. The van der Waals surface area contributed by atoms with Gasteiger partial charge in [0.1, 0.15) is 0 Å². The quantitative estimate of drug-likeness (QED) is 0.666. The maximum atomic E-state index is 13.3. The second-order valence-corrected chi connectivity index (χ2v) is 6.85. The highest BCUT2D eigenvalue weighted by atomic mass is 16.7. The first-order chi connectivity index (χ1) is 13.6. The second kappa shape index (κ2) is 7.64. The topological polar surface area (TPSA) is 50.8 Å². The van der Waals surface area contributed by atoms with Gasteiger partial charge < -0.3 is 19.7 Å². The minimum atomic E-state index is -0.110. The van der Waals surface area contributed by atoms with Crippen molar-refractivity contribution in [1.82, 2.24) is 0 Å². The summed E-state index contributed by atoms with van der Waals surface area (Å²) in [5, 5.41) is 3.35. The smallest absolute Gasteiger partial charge is 0.262 e. The number of nitrogens with one attached hydrogen (secondary N) is 1. The number of ether oxygens (including phenoxy) is 2. The van der Waals surface area contributed by atoms with E-state index in [9.17, 15) is 4.79 Å². The van der Waals surface area contributed by atoms with Gasteiger partial charge in [-0.2, -0.15) is 0 Å². The van der Waals surface area contributed by atoms with E-state index < -0.39 is 0 Å². The predicted molar refractivity (Wildman–Crippen MR) is 111 cm³/mol. The van der Waals surface area contributed by atoms with Crippen LogP contribution in [0.15, 0.2) is 72.8 Å². The third-order valence-corrected chi connectivity index (χ3v) is 4.57. The SMILES string of the molecule is CC(C)N(C(=O)c1cccc2c1OCO2)c1ccc(Nc2ccccc2)cc1. The molecule has 1 heterocycles. The van der Waals surface area contributed by atoms with Crippen LogP contribution in [0, 0.1) is 0 Å². The molecule has 0 aliphatic carbocycles. The van der Waals surface area contributed by atoms with E-state index in [1.54, 1.807) is 11.0 Å². The lowest BCUT2D eigenvalue weighted by Crippen LogP contribution is -2.37. The molecule has 0 fully saturated rings. The Hall–Kier alpha value is -3.47. The molecule has 0 unspecified atom stereocenters. The number of anilines is 3. The fourth-order valence-electron chi connectivity index (χ4n) is 3.27. The van der Waals surface area contributed by atoms with E-state index in [4.69, 9.17) is 9.47 Å². The number of rotatable bonds is 5. The lowest BCUT2D eigenvalue weighted by atomic mass is 10.1. The number of fused-ring (bicyclic) bond motifs is 1. The summed E-state index contributed by atoms with van der Waals surface area (Å²) in [6.45, 7) is 4.13. The van der Waals surface area contributed by atoms with Crippen molar-refractivity contribution in [3.05, 3.63) is 78.4 Å². The van der Waals surface area contributed by atoms with Gasteiger partial charge >= 0.3 is 0 Å². The Morgan fingerprint density at radius 2 is 1.61 bits per heavy atom. The summed E-state index contributed by atoms with van der Waals surface area (Å²) in [5.41, 5.74) is 3.32. The van der Waals surface area contributed by atoms with Crippen LogP contribution < -0.4 is 19.7 Å². The number of hydrogen-bond acceptors (Lipinski definition) is 4. The third kappa shape index (κ3) is 3.51. The Kier molecular flexibility index (Phi) is 4.89. The highest BCUT2D eigenvalue weighted by molar-refractivity contribution is 6.08. The summed E-state index contributed by atoms with van der Waals surface area (Å²) in [7, 11) is 0. The lowest BCUT2D eigenvalue weighted by Gasteiger charge is -2.27. The van der Waals surface area contributed by atoms with E-state index in [0.717, 1.165) is 17.1 Å². The molecule has 28 heavy (non-hydrogen) atoms. The molecule has 0 atom stereocenters. The molecule has 0 saturated carbocycles. The molecular formula is C23H22N2O3. The Bertz CT molecular complexity index is 969. The lowest BCUT2D eigenvalue weighted by molar-refractivity contribution is 0.0975. The summed E-state index contributed by atoms with van der Waals surface area (Å²) in [4.78, 5) is 15.1. The Balaban J connectivity index is 1.60. The summed E-state index contributed by atoms with van der Waals surface area (Å²) >= 11 is 0. The van der Waals surface area contributed by atoms with Crippen LogP contribution in [0.25, 0.3) is 0 Å². The summed E-state index contributed by atoms with van der Waals surface area (Å²) in [6.07, 6.45) is 0. The van der Waals surface area contributed by atoms with Crippen molar-refractivity contribution < 1.29 is 14.3 Å². The molecule has 0 radical (unpaired) electrons. The van der Waals surface area contributed by atoms with Crippen molar-refractivity contribution in [1.29, 1.82) is 0 Å². The van der Waals surface area contributed by atoms with Crippen LogP contribution in [0.3, 0.4) is 0 Å². The summed E-state index contributed by atoms with van der Waals surface area (Å²) in [6, 6.07) is 23.2. The van der Waals surface area contributed by atoms with Gasteiger partial charge in [0.2, 0.25) is 6.79 Å². The molecule has 0 aromatic heterocycles. The first kappa shape index (κ1) is 17.9. The maximum Gasteiger partial charge on any atom is 0.262 e. The van der Waals surface area contributed by atoms with Gasteiger partial charge in [-0.05, 0) is 62.4 Å². The molecule has 1 amide bonds. The number of carbonyl (C=O) groups is 1. The van der Waals surface area contributed by atoms with Crippen LogP contribution in [0.5, 0.6) is 11.5 Å². The third-order valence-electron chi connectivity index (χ3n) is 4.57. The van der Waals surface area contributed by atoms with Crippen molar-refractivity contribution in [2.24, 2.45) is 0 Å². The molecule has 1 N–H and O–H groups in total. The first-order valence-corrected chi connectivity index (χ1v) is 9.28. The standard InChI is InChI=1S/C23H22N2O3/c1-16(2)25(23(26)20-9-6-10-21-22(20)28-15-27-21)19-13-11-18(12-14-19)24-17-7-4-3-5-8-17/h3-14,16,24H,15H2,1-2H3. The zero-order valence-electron chi connectivity index (χ0n) is 15.9. The largest absolute Gasteiger partial charge is 0.454 e. The molecule has 5 heteroatoms. The molecule has 5 nitrogen and oxygen atoms in total. The van der Waals surface area contributed by atoms with Crippen LogP contribution >= 0.6 is 0 Å². The van der Waals surface area contributed by atoms with Gasteiger partial charge in [0.15, 0.2) is 11.5 Å². The minimum absolute atomic E-state index is 0.0152. The fourth-order valence-corrected chi connectivity index (χ4v) is 3.27. The maximum absolute atomic E-state index is 13.3. The average Bonchev–Trinajstić information content (AvgIpc) is 3.19. The van der Waals surface area contributed by atoms with Crippen molar-refractivity contribution >= 4 is 23.0 Å². The van der Waals surface area contributed by atoms with Gasteiger partial charge in [-0.15, -0.1) is 0 Å². The number of nitrogens with zero attached hydrogens (tertiary/aromatic N) is 1. The number of benzene rings is 3. The van der Waals surface area contributed by atoms with Crippen molar-refractivity contribution in [2.45, 2.75) is 19.9 Å². The number of hydrogen-bond donors (Lipinski definition) is 1. The first-order valence-electron chi connectivity index (χ1n) is 9.28. The van der Waals surface area contributed by atoms with Gasteiger partial charge in [-0.1, -0.05) is 24.3 Å². The molecule has 0 saturated heterocycles. The van der Waals surface area contributed by atoms with E-state index in [1.807, 2.05) is 80.6 Å². The van der Waals surface area contributed by atoms with Gasteiger partial charge in [0, 0.05) is 23.1 Å². The second-order valence-electron chi connectivity index (χ2n) is 6.85. The summed E-state index contributed by atoms with van der Waals surface area (Å²) < 4.78 is 10.9. The molecule has 3 aromatic carbocycles. The van der Waals surface area contributed by atoms with Gasteiger partial charge in [-0.3, -0.25) is 4.79 Å². The highest BCUT2D eigenvalue weighted by Crippen LogP contribution is 2.37. The number of para-hydroxylation sites is 2. The van der Waals surface area contributed by atoms with Crippen LogP contribution in [0.2, 0.25) is 0 Å². The van der Waals surface area contributed by atoms with E-state index in [1.165, 1.54) is 0 Å². The van der Waals surface area contributed by atoms with E-state index in [-0.39, 0.29) is 18.7 Å². The van der Waals surface area contributed by atoms with Crippen LogP contribution in [-0.2, 0) is 0 Å². The normalized spacial score (nSPS) is 12.1. The van der Waals surface area contributed by atoms with E-state index in [0.29, 0.717) is 17.1 Å². The molecule has 1 aliphatic heterocycles. The molecule has 0 bridgehead atoms. The molecule has 4 rings (SSSR count). The van der Waals surface area contributed by atoms with Crippen LogP contribution in [-0.4, -0.2) is 18.7 Å². The predicted octanol–water partition coefficient (Wildman–Crippen LogP) is 5.21. The van der Waals surface area contributed by atoms with Crippen molar-refractivity contribution in [3.63, 3.8) is 0 Å². The molecular weight excluding hydrogens is 352 g/mol. The van der Waals surface area contributed by atoms with Gasteiger partial charge in [0.25, 0.3) is 5.91 Å². The Labute approximate surface area is 164 Å². The van der Waals surface area contributed by atoms with Crippen molar-refractivity contribution in [2.75, 3.05) is 17.0 Å². The van der Waals surface area contributed by atoms with Gasteiger partial charge in [0.05, 0.1) is 5.56 Å². The van der Waals surface area contributed by atoms with E-state index >= 15 is 0 Å². The fraction of sp³-hybridized carbons (Fsp3) is 0.174. The number of carbonyl (C=O) groups excluding carboxylic acids is 1. The molecule has 142 valence electrons. The zero-order valence-corrected chi connectivity index (χ0v) is 15.9. The summed E-state index contributed by atoms with van der Waals surface area (Å²) in [5.74, 6) is 1.01. The molecule has 0 spiro atoms. The van der Waals surface area contributed by atoms with Gasteiger partial charge in [-0.25, -0.2) is 0 Å². The average molecular weight is 374 g/mol. The van der Waals surface area contributed by atoms with Crippen molar-refractivity contribution in [3.8, 4) is 11.5 Å². The monoisotopic (exact) mass is 374 g/mol. The Morgan fingerprint density at radius 3 is 2.32 bits per heavy atom. The van der Waals surface area contributed by atoms with Crippen LogP contribution in [0.1, 0.15) is 24.2 Å². The van der Waals surface area contributed by atoms with E-state index in [2.05, 4.69) is 5.32 Å². The molecule has 1 aliphatic rings. The zero-order chi connectivity index (χ0) is 19.5.